The third-order valence-electron chi connectivity index (χ3n) is 3.23. The Morgan fingerprint density at radius 2 is 1.62 bits per heavy atom. The van der Waals surface area contributed by atoms with E-state index in [-0.39, 0.29) is 12.1 Å². The van der Waals surface area contributed by atoms with Gasteiger partial charge in [-0.05, 0) is 30.9 Å². The normalized spacial score (nSPS) is 13.6. The van der Waals surface area contributed by atoms with Crippen molar-refractivity contribution in [3.63, 3.8) is 0 Å². The maximum Gasteiger partial charge on any atom is 0.148 e. The number of methoxy groups -OCH3 is 2. The number of hydrogen-bond acceptors (Lipinski definition) is 5. The average molecular weight is 307 g/mol. The highest BCUT2D eigenvalue weighted by Gasteiger charge is 2.22. The molecule has 0 saturated heterocycles. The first-order valence-corrected chi connectivity index (χ1v) is 7.62. The molecule has 5 heteroatoms. The van der Waals surface area contributed by atoms with Gasteiger partial charge in [0.2, 0.25) is 0 Å². The molecule has 1 aromatic heterocycles. The van der Waals surface area contributed by atoms with E-state index < -0.39 is 0 Å². The zero-order chi connectivity index (χ0) is 15.4. The van der Waals surface area contributed by atoms with Gasteiger partial charge in [0.05, 0.1) is 14.2 Å². The van der Waals surface area contributed by atoms with Gasteiger partial charge in [-0.25, -0.2) is 0 Å². The number of aryl methyl sites for hydroxylation is 1. The lowest BCUT2D eigenvalue weighted by molar-refractivity contribution is 0.182. The summed E-state index contributed by atoms with van der Waals surface area (Å²) in [6.07, 6.45) is -0.193. The predicted molar refractivity (Wildman–Crippen MR) is 85.6 cm³/mol. The molecule has 0 aliphatic heterocycles. The molecule has 0 fully saturated rings. The van der Waals surface area contributed by atoms with Crippen LogP contribution in [-0.2, 0) is 0 Å². The summed E-state index contributed by atoms with van der Waals surface area (Å²) in [7, 11) is 3.23. The van der Waals surface area contributed by atoms with E-state index in [0.717, 1.165) is 4.88 Å². The molecule has 4 nitrogen and oxygen atoms in total. The van der Waals surface area contributed by atoms with E-state index in [9.17, 15) is 0 Å². The van der Waals surface area contributed by atoms with Gasteiger partial charge in [0.25, 0.3) is 0 Å². The molecule has 0 amide bonds. The highest BCUT2D eigenvalue weighted by Crippen LogP contribution is 2.34. The standard InChI is InChI=1S/C16H21NO3S/c1-10-5-6-21-16(10)15(11(2)17)20-14-8-12(18-3)7-13(9-14)19-4/h5-9,11,15H,17H2,1-4H3. The molecule has 2 rings (SSSR count). The average Bonchev–Trinajstić information content (AvgIpc) is 2.89. The van der Waals surface area contributed by atoms with E-state index in [1.54, 1.807) is 25.6 Å². The second-order valence-electron chi connectivity index (χ2n) is 4.91. The van der Waals surface area contributed by atoms with Gasteiger partial charge < -0.3 is 19.9 Å². The van der Waals surface area contributed by atoms with Crippen molar-refractivity contribution in [2.75, 3.05) is 14.2 Å². The molecule has 1 heterocycles. The number of ether oxygens (including phenoxy) is 3. The van der Waals surface area contributed by atoms with E-state index in [1.165, 1.54) is 5.56 Å². The van der Waals surface area contributed by atoms with Crippen molar-refractivity contribution in [2.24, 2.45) is 5.73 Å². The molecule has 2 N–H and O–H groups in total. The van der Waals surface area contributed by atoms with Gasteiger partial charge in [0, 0.05) is 29.1 Å². The highest BCUT2D eigenvalue weighted by atomic mass is 32.1. The van der Waals surface area contributed by atoms with Crippen LogP contribution in [0.25, 0.3) is 0 Å². The van der Waals surface area contributed by atoms with Crippen molar-refractivity contribution in [3.05, 3.63) is 40.1 Å². The van der Waals surface area contributed by atoms with Gasteiger partial charge in [-0.1, -0.05) is 0 Å². The van der Waals surface area contributed by atoms with Crippen LogP contribution in [0.15, 0.2) is 29.6 Å². The molecule has 2 unspecified atom stereocenters. The maximum atomic E-state index is 6.11. The molecular weight excluding hydrogens is 286 g/mol. The Morgan fingerprint density at radius 3 is 2.05 bits per heavy atom. The fourth-order valence-corrected chi connectivity index (χ4v) is 3.14. The number of thiophene rings is 1. The van der Waals surface area contributed by atoms with E-state index in [0.29, 0.717) is 17.2 Å². The first kappa shape index (κ1) is 15.7. The molecule has 2 aromatic rings. The fourth-order valence-electron chi connectivity index (χ4n) is 2.07. The summed E-state index contributed by atoms with van der Waals surface area (Å²) in [5.74, 6) is 2.06. The van der Waals surface area contributed by atoms with Gasteiger partial charge >= 0.3 is 0 Å². The highest BCUT2D eigenvalue weighted by molar-refractivity contribution is 7.10. The van der Waals surface area contributed by atoms with E-state index >= 15 is 0 Å². The summed E-state index contributed by atoms with van der Waals surface area (Å²) in [4.78, 5) is 1.15. The number of benzene rings is 1. The van der Waals surface area contributed by atoms with Crippen molar-refractivity contribution in [1.82, 2.24) is 0 Å². The minimum Gasteiger partial charge on any atom is -0.496 e. The van der Waals surface area contributed by atoms with Gasteiger partial charge in [-0.2, -0.15) is 0 Å². The molecule has 1 aromatic carbocycles. The molecular formula is C16H21NO3S. The lowest BCUT2D eigenvalue weighted by Crippen LogP contribution is -2.28. The second kappa shape index (κ2) is 6.83. The Bertz CT molecular complexity index is 573. The number of rotatable bonds is 6. The largest absolute Gasteiger partial charge is 0.496 e. The van der Waals surface area contributed by atoms with Gasteiger partial charge in [0.1, 0.15) is 23.4 Å². The number of nitrogens with two attached hydrogens (primary N) is 1. The summed E-state index contributed by atoms with van der Waals surface area (Å²) in [6, 6.07) is 7.43. The van der Waals surface area contributed by atoms with Gasteiger partial charge in [-0.3, -0.25) is 0 Å². The van der Waals surface area contributed by atoms with Crippen LogP contribution in [0.4, 0.5) is 0 Å². The van der Waals surface area contributed by atoms with Crippen LogP contribution >= 0.6 is 11.3 Å². The number of hydrogen-bond donors (Lipinski definition) is 1. The molecule has 0 bridgehead atoms. The van der Waals surface area contributed by atoms with Crippen LogP contribution in [0.1, 0.15) is 23.5 Å². The van der Waals surface area contributed by atoms with Crippen LogP contribution in [-0.4, -0.2) is 20.3 Å². The van der Waals surface area contributed by atoms with Crippen LogP contribution < -0.4 is 19.9 Å². The molecule has 21 heavy (non-hydrogen) atoms. The molecule has 0 spiro atoms. The molecule has 0 aliphatic carbocycles. The topological polar surface area (TPSA) is 53.7 Å². The Morgan fingerprint density at radius 1 is 1.05 bits per heavy atom. The van der Waals surface area contributed by atoms with Gasteiger partial charge in [0.15, 0.2) is 0 Å². The summed E-state index contributed by atoms with van der Waals surface area (Å²) in [5.41, 5.74) is 7.30. The SMILES string of the molecule is COc1cc(OC)cc(OC(c2sccc2C)C(C)N)c1. The van der Waals surface area contributed by atoms with Crippen molar-refractivity contribution in [1.29, 1.82) is 0 Å². The smallest absolute Gasteiger partial charge is 0.148 e. The quantitative estimate of drug-likeness (QED) is 0.887. The van der Waals surface area contributed by atoms with Crippen molar-refractivity contribution in [2.45, 2.75) is 26.0 Å². The van der Waals surface area contributed by atoms with Crippen LogP contribution in [0.5, 0.6) is 17.2 Å². The first-order valence-electron chi connectivity index (χ1n) is 6.74. The summed E-state index contributed by atoms with van der Waals surface area (Å²) in [5, 5.41) is 2.05. The van der Waals surface area contributed by atoms with Crippen molar-refractivity contribution < 1.29 is 14.2 Å². The summed E-state index contributed by atoms with van der Waals surface area (Å²) >= 11 is 1.66. The lowest BCUT2D eigenvalue weighted by Gasteiger charge is -2.23. The Balaban J connectivity index is 2.31. The molecule has 114 valence electrons. The molecule has 0 aliphatic rings. The third kappa shape index (κ3) is 3.68. The summed E-state index contributed by atoms with van der Waals surface area (Å²) < 4.78 is 16.6. The van der Waals surface area contributed by atoms with E-state index in [2.05, 4.69) is 18.4 Å². The van der Waals surface area contributed by atoms with Crippen LogP contribution in [0.2, 0.25) is 0 Å². The van der Waals surface area contributed by atoms with E-state index in [4.69, 9.17) is 19.9 Å². The lowest BCUT2D eigenvalue weighted by atomic mass is 10.1. The minimum atomic E-state index is -0.193. The minimum absolute atomic E-state index is 0.125. The molecule has 0 radical (unpaired) electrons. The Kier molecular flexibility index (Phi) is 5.09. The van der Waals surface area contributed by atoms with E-state index in [1.807, 2.05) is 25.1 Å². The Hall–Kier alpha value is -1.72. The molecule has 2 atom stereocenters. The molecule has 0 saturated carbocycles. The summed E-state index contributed by atoms with van der Waals surface area (Å²) in [6.45, 7) is 4.01. The second-order valence-corrected chi connectivity index (χ2v) is 5.86. The fraction of sp³-hybridized carbons (Fsp3) is 0.375. The first-order chi connectivity index (χ1) is 10.0. The Labute approximate surface area is 129 Å². The van der Waals surface area contributed by atoms with Crippen molar-refractivity contribution >= 4 is 11.3 Å². The van der Waals surface area contributed by atoms with Crippen LogP contribution in [0.3, 0.4) is 0 Å². The van der Waals surface area contributed by atoms with Crippen molar-refractivity contribution in [3.8, 4) is 17.2 Å². The monoisotopic (exact) mass is 307 g/mol. The maximum absolute atomic E-state index is 6.11. The zero-order valence-electron chi connectivity index (χ0n) is 12.8. The third-order valence-corrected chi connectivity index (χ3v) is 4.31. The predicted octanol–water partition coefficient (Wildman–Crippen LogP) is 3.54. The van der Waals surface area contributed by atoms with Gasteiger partial charge in [-0.15, -0.1) is 11.3 Å². The van der Waals surface area contributed by atoms with Crippen LogP contribution in [0, 0.1) is 6.92 Å². The zero-order valence-corrected chi connectivity index (χ0v) is 13.6.